The molecule has 22 heavy (non-hydrogen) atoms. The normalized spacial score (nSPS) is 11.3. The van der Waals surface area contributed by atoms with Gasteiger partial charge in [0, 0.05) is 0 Å². The zero-order valence-electron chi connectivity index (χ0n) is 13.1. The standard InChI is InChI=1S/C15H19N2O4P/c1-20-12-7-5-11(6-8-12)10-17-15(18)14(22(3,4)19)13(21-2)9-16-17/h5-9H,10H2,1-4H3. The highest BCUT2D eigenvalue weighted by atomic mass is 31.2. The molecule has 0 aliphatic carbocycles. The van der Waals surface area contributed by atoms with E-state index in [1.807, 2.05) is 24.3 Å². The third kappa shape index (κ3) is 3.39. The van der Waals surface area contributed by atoms with E-state index in [-0.39, 0.29) is 16.6 Å². The summed E-state index contributed by atoms with van der Waals surface area (Å²) in [6, 6.07) is 7.34. The fourth-order valence-corrected chi connectivity index (χ4v) is 3.38. The van der Waals surface area contributed by atoms with Gasteiger partial charge in [0.2, 0.25) is 0 Å². The number of methoxy groups -OCH3 is 2. The first-order valence-corrected chi connectivity index (χ1v) is 9.29. The van der Waals surface area contributed by atoms with Gasteiger partial charge in [0.15, 0.2) is 5.75 Å². The molecule has 0 aliphatic rings. The molecule has 0 atom stereocenters. The summed E-state index contributed by atoms with van der Waals surface area (Å²) in [6.45, 7) is 3.38. The number of nitrogens with zero attached hydrogens (tertiary/aromatic N) is 2. The van der Waals surface area contributed by atoms with Crippen LogP contribution in [0.15, 0.2) is 35.3 Å². The lowest BCUT2D eigenvalue weighted by molar-refractivity contribution is 0.410. The van der Waals surface area contributed by atoms with Gasteiger partial charge in [-0.25, -0.2) is 4.68 Å². The highest BCUT2D eigenvalue weighted by Gasteiger charge is 2.23. The molecule has 1 aromatic carbocycles. The average molecular weight is 322 g/mol. The minimum absolute atomic E-state index is 0.193. The molecule has 0 amide bonds. The van der Waals surface area contributed by atoms with E-state index in [1.165, 1.54) is 18.0 Å². The Labute approximate surface area is 129 Å². The minimum Gasteiger partial charge on any atom is -0.497 e. The SMILES string of the molecule is COc1ccc(Cn2ncc(OC)c(P(C)(C)=O)c2=O)cc1. The van der Waals surface area contributed by atoms with E-state index < -0.39 is 7.14 Å². The van der Waals surface area contributed by atoms with Crippen molar-refractivity contribution >= 4 is 12.4 Å². The molecule has 0 aliphatic heterocycles. The zero-order chi connectivity index (χ0) is 16.3. The predicted molar refractivity (Wildman–Crippen MR) is 86.2 cm³/mol. The van der Waals surface area contributed by atoms with Crippen LogP contribution in [-0.4, -0.2) is 37.3 Å². The first kappa shape index (κ1) is 16.3. The van der Waals surface area contributed by atoms with Gasteiger partial charge in [0.1, 0.15) is 18.2 Å². The van der Waals surface area contributed by atoms with E-state index in [0.29, 0.717) is 6.54 Å². The highest BCUT2D eigenvalue weighted by Crippen LogP contribution is 2.36. The third-order valence-corrected chi connectivity index (χ3v) is 4.72. The lowest BCUT2D eigenvalue weighted by Gasteiger charge is -2.13. The van der Waals surface area contributed by atoms with Gasteiger partial charge in [-0.05, 0) is 31.0 Å². The summed E-state index contributed by atoms with van der Waals surface area (Å²) < 4.78 is 23.9. The Morgan fingerprint density at radius 3 is 2.27 bits per heavy atom. The van der Waals surface area contributed by atoms with E-state index in [9.17, 15) is 9.36 Å². The van der Waals surface area contributed by atoms with Crippen LogP contribution in [0, 0.1) is 0 Å². The van der Waals surface area contributed by atoms with Crippen molar-refractivity contribution in [3.63, 3.8) is 0 Å². The van der Waals surface area contributed by atoms with E-state index in [0.717, 1.165) is 11.3 Å². The van der Waals surface area contributed by atoms with Crippen LogP contribution in [-0.2, 0) is 11.1 Å². The largest absolute Gasteiger partial charge is 0.497 e. The van der Waals surface area contributed by atoms with Gasteiger partial charge in [-0.3, -0.25) is 4.79 Å². The fraction of sp³-hybridized carbons (Fsp3) is 0.333. The Morgan fingerprint density at radius 1 is 1.14 bits per heavy atom. The molecule has 0 spiro atoms. The van der Waals surface area contributed by atoms with Crippen molar-refractivity contribution < 1.29 is 14.0 Å². The molecule has 1 heterocycles. The average Bonchev–Trinajstić information content (AvgIpc) is 2.48. The van der Waals surface area contributed by atoms with Crippen LogP contribution in [0.4, 0.5) is 0 Å². The van der Waals surface area contributed by atoms with Gasteiger partial charge in [0.25, 0.3) is 5.56 Å². The summed E-state index contributed by atoms with van der Waals surface area (Å²) in [4.78, 5) is 12.5. The van der Waals surface area contributed by atoms with Crippen molar-refractivity contribution in [1.82, 2.24) is 9.78 Å². The molecule has 0 saturated heterocycles. The third-order valence-electron chi connectivity index (χ3n) is 3.23. The Morgan fingerprint density at radius 2 is 1.77 bits per heavy atom. The summed E-state index contributed by atoms with van der Waals surface area (Å²) >= 11 is 0. The quantitative estimate of drug-likeness (QED) is 0.781. The molecule has 0 unspecified atom stereocenters. The topological polar surface area (TPSA) is 70.4 Å². The Bertz CT molecular complexity index is 762. The van der Waals surface area contributed by atoms with E-state index in [4.69, 9.17) is 9.47 Å². The molecule has 0 N–H and O–H groups in total. The van der Waals surface area contributed by atoms with Gasteiger partial charge in [-0.15, -0.1) is 0 Å². The molecule has 118 valence electrons. The summed E-state index contributed by atoms with van der Waals surface area (Å²) in [7, 11) is 0.255. The molecular weight excluding hydrogens is 303 g/mol. The number of hydrogen-bond donors (Lipinski definition) is 0. The Hall–Kier alpha value is -2.07. The van der Waals surface area contributed by atoms with Crippen LogP contribution in [0.5, 0.6) is 11.5 Å². The van der Waals surface area contributed by atoms with Crippen LogP contribution >= 0.6 is 7.14 Å². The van der Waals surface area contributed by atoms with Crippen LogP contribution in [0.1, 0.15) is 5.56 Å². The lowest BCUT2D eigenvalue weighted by Crippen LogP contribution is -2.36. The van der Waals surface area contributed by atoms with E-state index in [1.54, 1.807) is 20.4 Å². The van der Waals surface area contributed by atoms with E-state index >= 15 is 0 Å². The predicted octanol–water partition coefficient (Wildman–Crippen LogP) is 1.56. The van der Waals surface area contributed by atoms with Crippen molar-refractivity contribution in [3.8, 4) is 11.5 Å². The maximum absolute atomic E-state index is 12.5. The van der Waals surface area contributed by atoms with Crippen LogP contribution in [0.3, 0.4) is 0 Å². The molecule has 2 rings (SSSR count). The monoisotopic (exact) mass is 322 g/mol. The molecule has 6 nitrogen and oxygen atoms in total. The maximum Gasteiger partial charge on any atom is 0.281 e. The number of aromatic nitrogens is 2. The van der Waals surface area contributed by atoms with Crippen molar-refractivity contribution in [1.29, 1.82) is 0 Å². The smallest absolute Gasteiger partial charge is 0.281 e. The van der Waals surface area contributed by atoms with Crippen LogP contribution < -0.4 is 20.3 Å². The molecule has 7 heteroatoms. The van der Waals surface area contributed by atoms with Crippen LogP contribution in [0.25, 0.3) is 0 Å². The van der Waals surface area contributed by atoms with Gasteiger partial charge < -0.3 is 14.0 Å². The molecule has 0 bridgehead atoms. The van der Waals surface area contributed by atoms with Crippen molar-refractivity contribution in [3.05, 3.63) is 46.4 Å². The first-order valence-electron chi connectivity index (χ1n) is 6.69. The Balaban J connectivity index is 2.44. The van der Waals surface area contributed by atoms with Gasteiger partial charge in [-0.1, -0.05) is 12.1 Å². The number of benzene rings is 1. The van der Waals surface area contributed by atoms with Crippen LogP contribution in [0.2, 0.25) is 0 Å². The maximum atomic E-state index is 12.5. The second kappa shape index (κ2) is 6.36. The van der Waals surface area contributed by atoms with E-state index in [2.05, 4.69) is 5.10 Å². The fourth-order valence-electron chi connectivity index (χ4n) is 2.12. The summed E-state index contributed by atoms with van der Waals surface area (Å²) in [5, 5.41) is 4.28. The molecule has 1 aromatic heterocycles. The molecule has 0 fully saturated rings. The second-order valence-corrected chi connectivity index (χ2v) is 8.37. The second-order valence-electron chi connectivity index (χ2n) is 5.22. The Kier molecular flexibility index (Phi) is 4.71. The number of hydrogen-bond acceptors (Lipinski definition) is 5. The molecule has 0 saturated carbocycles. The minimum atomic E-state index is -2.77. The number of ether oxygens (including phenoxy) is 2. The zero-order valence-corrected chi connectivity index (χ0v) is 14.0. The van der Waals surface area contributed by atoms with Gasteiger partial charge >= 0.3 is 0 Å². The lowest BCUT2D eigenvalue weighted by atomic mass is 10.2. The van der Waals surface area contributed by atoms with Gasteiger partial charge in [-0.2, -0.15) is 5.10 Å². The summed E-state index contributed by atoms with van der Waals surface area (Å²) in [5.74, 6) is 1.01. The van der Waals surface area contributed by atoms with Crippen molar-refractivity contribution in [2.24, 2.45) is 0 Å². The molecular formula is C15H19N2O4P. The van der Waals surface area contributed by atoms with Crippen molar-refractivity contribution in [2.75, 3.05) is 27.5 Å². The summed E-state index contributed by atoms with van der Waals surface area (Å²) in [5.41, 5.74) is 0.511. The summed E-state index contributed by atoms with van der Waals surface area (Å²) in [6.07, 6.45) is 1.43. The van der Waals surface area contributed by atoms with Gasteiger partial charge in [0.05, 0.1) is 27.0 Å². The first-order chi connectivity index (χ1) is 10.4. The van der Waals surface area contributed by atoms with Crippen molar-refractivity contribution in [2.45, 2.75) is 6.54 Å². The molecule has 2 aromatic rings. The molecule has 0 radical (unpaired) electrons. The highest BCUT2D eigenvalue weighted by molar-refractivity contribution is 7.70. The number of rotatable bonds is 5.